The van der Waals surface area contributed by atoms with Gasteiger partial charge in [0.15, 0.2) is 0 Å². The van der Waals surface area contributed by atoms with E-state index in [1.807, 2.05) is 6.92 Å². The lowest BCUT2D eigenvalue weighted by Crippen LogP contribution is -2.16. The van der Waals surface area contributed by atoms with Crippen LogP contribution in [0.4, 0.5) is 5.69 Å². The molecule has 0 aliphatic heterocycles. The molecule has 0 fully saturated rings. The van der Waals surface area contributed by atoms with Gasteiger partial charge in [-0.15, -0.1) is 0 Å². The molecule has 5 heteroatoms. The number of nitrogens with two attached hydrogens (primary N) is 1. The summed E-state index contributed by atoms with van der Waals surface area (Å²) in [4.78, 5) is 22.4. The number of amides is 2. The van der Waals surface area contributed by atoms with Gasteiger partial charge in [-0.3, -0.25) is 9.59 Å². The molecule has 1 aromatic rings. The number of nitrogens with one attached hydrogen (secondary N) is 1. The van der Waals surface area contributed by atoms with Crippen LogP contribution in [0.5, 0.6) is 0 Å². The summed E-state index contributed by atoms with van der Waals surface area (Å²) >= 11 is 3.07. The minimum absolute atomic E-state index is 0.126. The third-order valence-electron chi connectivity index (χ3n) is 2.30. The molecule has 1 aromatic carbocycles. The summed E-state index contributed by atoms with van der Waals surface area (Å²) in [6, 6.07) is 5.13. The largest absolute Gasteiger partial charge is 0.366 e. The molecule has 0 radical (unpaired) electrons. The highest BCUT2D eigenvalue weighted by atomic mass is 79.9. The van der Waals surface area contributed by atoms with E-state index in [-0.39, 0.29) is 11.2 Å². The number of carbonyl (C=O) groups is 2. The fraction of sp³-hybridized carbons (Fsp3) is 0.333. The maximum Gasteiger partial charge on any atom is 0.248 e. The molecular formula is C12H15BrN2O2. The molecule has 2 amide bonds. The summed E-state index contributed by atoms with van der Waals surface area (Å²) in [6.45, 7) is 2.02. The number of hydrogen-bond acceptors (Lipinski definition) is 2. The molecule has 92 valence electrons. The van der Waals surface area contributed by atoms with E-state index in [0.717, 1.165) is 18.4 Å². The third kappa shape index (κ3) is 3.85. The van der Waals surface area contributed by atoms with Gasteiger partial charge in [0.25, 0.3) is 0 Å². The van der Waals surface area contributed by atoms with E-state index >= 15 is 0 Å². The van der Waals surface area contributed by atoms with E-state index in [4.69, 9.17) is 5.73 Å². The van der Waals surface area contributed by atoms with Crippen LogP contribution < -0.4 is 11.1 Å². The van der Waals surface area contributed by atoms with Crippen molar-refractivity contribution in [3.05, 3.63) is 29.3 Å². The van der Waals surface area contributed by atoms with Crippen LogP contribution >= 0.6 is 15.9 Å². The van der Waals surface area contributed by atoms with Crippen LogP contribution in [0.2, 0.25) is 0 Å². The van der Waals surface area contributed by atoms with Gasteiger partial charge in [-0.05, 0) is 30.2 Å². The lowest BCUT2D eigenvalue weighted by atomic mass is 10.0. The van der Waals surface area contributed by atoms with Crippen LogP contribution in [0.3, 0.4) is 0 Å². The average Bonchev–Trinajstić information content (AvgIpc) is 2.29. The number of aryl methyl sites for hydroxylation is 1. The molecule has 0 unspecified atom stereocenters. The molecule has 17 heavy (non-hydrogen) atoms. The maximum absolute atomic E-state index is 11.2. The summed E-state index contributed by atoms with van der Waals surface area (Å²) < 4.78 is 0. The van der Waals surface area contributed by atoms with Crippen molar-refractivity contribution in [3.63, 3.8) is 0 Å². The predicted molar refractivity (Wildman–Crippen MR) is 71.4 cm³/mol. The van der Waals surface area contributed by atoms with Crippen molar-refractivity contribution < 1.29 is 9.59 Å². The quantitative estimate of drug-likeness (QED) is 0.817. The highest BCUT2D eigenvalue weighted by Crippen LogP contribution is 2.17. The standard InChI is InChI=1S/C12H15BrN2O2/c1-2-3-8-6-9(15-11(16)7-13)4-5-10(8)12(14)17/h4-6H,2-3,7H2,1H3,(H2,14,17)(H,15,16). The van der Waals surface area contributed by atoms with E-state index in [1.54, 1.807) is 18.2 Å². The van der Waals surface area contributed by atoms with E-state index in [2.05, 4.69) is 21.2 Å². The van der Waals surface area contributed by atoms with Crippen molar-refractivity contribution >= 4 is 33.4 Å². The van der Waals surface area contributed by atoms with Gasteiger partial charge < -0.3 is 11.1 Å². The smallest absolute Gasteiger partial charge is 0.248 e. The number of carbonyl (C=O) groups excluding carboxylic acids is 2. The minimum Gasteiger partial charge on any atom is -0.366 e. The van der Waals surface area contributed by atoms with E-state index in [1.165, 1.54) is 0 Å². The van der Waals surface area contributed by atoms with Crippen LogP contribution in [-0.4, -0.2) is 17.1 Å². The van der Waals surface area contributed by atoms with Crippen molar-refractivity contribution in [2.45, 2.75) is 19.8 Å². The Hall–Kier alpha value is -1.36. The lowest BCUT2D eigenvalue weighted by molar-refractivity contribution is -0.113. The fourth-order valence-electron chi connectivity index (χ4n) is 1.58. The van der Waals surface area contributed by atoms with Gasteiger partial charge in [-0.2, -0.15) is 0 Å². The molecule has 0 saturated carbocycles. The minimum atomic E-state index is -0.438. The van der Waals surface area contributed by atoms with Crippen LogP contribution in [0.25, 0.3) is 0 Å². The number of anilines is 1. The zero-order valence-electron chi connectivity index (χ0n) is 9.63. The zero-order valence-corrected chi connectivity index (χ0v) is 11.2. The maximum atomic E-state index is 11.2. The van der Waals surface area contributed by atoms with E-state index in [0.29, 0.717) is 11.3 Å². The first-order chi connectivity index (χ1) is 8.08. The summed E-state index contributed by atoms with van der Waals surface area (Å²) in [6.07, 6.45) is 1.67. The van der Waals surface area contributed by atoms with Crippen molar-refractivity contribution in [3.8, 4) is 0 Å². The predicted octanol–water partition coefficient (Wildman–Crippen LogP) is 2.07. The molecule has 0 bridgehead atoms. The molecule has 3 N–H and O–H groups in total. The van der Waals surface area contributed by atoms with Crippen molar-refractivity contribution in [1.29, 1.82) is 0 Å². The van der Waals surface area contributed by atoms with Gasteiger partial charge >= 0.3 is 0 Å². The van der Waals surface area contributed by atoms with Crippen LogP contribution in [0.15, 0.2) is 18.2 Å². The Balaban J connectivity index is 3.00. The van der Waals surface area contributed by atoms with E-state index < -0.39 is 5.91 Å². The second-order valence-electron chi connectivity index (χ2n) is 3.67. The molecule has 0 saturated heterocycles. The normalized spacial score (nSPS) is 10.0. The summed E-state index contributed by atoms with van der Waals surface area (Å²) in [7, 11) is 0. The number of hydrogen-bond donors (Lipinski definition) is 2. The lowest BCUT2D eigenvalue weighted by Gasteiger charge is -2.09. The highest BCUT2D eigenvalue weighted by molar-refractivity contribution is 9.09. The first-order valence-corrected chi connectivity index (χ1v) is 6.49. The van der Waals surface area contributed by atoms with Gasteiger partial charge in [-0.25, -0.2) is 0 Å². The molecule has 4 nitrogen and oxygen atoms in total. The summed E-state index contributed by atoms with van der Waals surface area (Å²) in [5.74, 6) is -0.564. The Kier molecular flexibility index (Phi) is 5.15. The Morgan fingerprint density at radius 1 is 1.41 bits per heavy atom. The van der Waals surface area contributed by atoms with Gasteiger partial charge in [0.1, 0.15) is 0 Å². The van der Waals surface area contributed by atoms with Crippen LogP contribution in [0.1, 0.15) is 29.3 Å². The summed E-state index contributed by atoms with van der Waals surface area (Å²) in [5.41, 5.74) is 7.36. The molecular weight excluding hydrogens is 284 g/mol. The van der Waals surface area contributed by atoms with Crippen molar-refractivity contribution in [2.75, 3.05) is 10.6 Å². The molecule has 0 aliphatic rings. The molecule has 0 aliphatic carbocycles. The second-order valence-corrected chi connectivity index (χ2v) is 4.23. The number of alkyl halides is 1. The molecule has 0 aromatic heterocycles. The second kappa shape index (κ2) is 6.39. The Morgan fingerprint density at radius 3 is 2.65 bits per heavy atom. The van der Waals surface area contributed by atoms with Crippen LogP contribution in [0, 0.1) is 0 Å². The Labute approximate surface area is 109 Å². The van der Waals surface area contributed by atoms with Crippen molar-refractivity contribution in [1.82, 2.24) is 0 Å². The Bertz CT molecular complexity index is 433. The molecule has 1 rings (SSSR count). The van der Waals surface area contributed by atoms with Gasteiger partial charge in [0, 0.05) is 11.3 Å². The number of primary amides is 1. The number of benzene rings is 1. The first kappa shape index (κ1) is 13.7. The van der Waals surface area contributed by atoms with E-state index in [9.17, 15) is 9.59 Å². The third-order valence-corrected chi connectivity index (χ3v) is 2.80. The van der Waals surface area contributed by atoms with Gasteiger partial charge in [-0.1, -0.05) is 29.3 Å². The summed E-state index contributed by atoms with van der Waals surface area (Å²) in [5, 5.41) is 2.96. The SMILES string of the molecule is CCCc1cc(NC(=O)CBr)ccc1C(N)=O. The molecule has 0 heterocycles. The van der Waals surface area contributed by atoms with Crippen LogP contribution in [-0.2, 0) is 11.2 Å². The average molecular weight is 299 g/mol. The molecule has 0 spiro atoms. The highest BCUT2D eigenvalue weighted by Gasteiger charge is 2.09. The topological polar surface area (TPSA) is 72.2 Å². The fourth-order valence-corrected chi connectivity index (χ4v) is 1.72. The number of halogens is 1. The monoisotopic (exact) mass is 298 g/mol. The van der Waals surface area contributed by atoms with Gasteiger partial charge in [0.05, 0.1) is 5.33 Å². The Morgan fingerprint density at radius 2 is 2.12 bits per heavy atom. The number of rotatable bonds is 5. The first-order valence-electron chi connectivity index (χ1n) is 5.37. The van der Waals surface area contributed by atoms with Crippen molar-refractivity contribution in [2.24, 2.45) is 5.73 Å². The molecule has 0 atom stereocenters. The van der Waals surface area contributed by atoms with Gasteiger partial charge in [0.2, 0.25) is 11.8 Å². The zero-order chi connectivity index (χ0) is 12.8.